The van der Waals surface area contributed by atoms with Crippen molar-refractivity contribution in [2.75, 3.05) is 57.6 Å². The number of hydrogen-bond donors (Lipinski definition) is 10. The van der Waals surface area contributed by atoms with Crippen molar-refractivity contribution in [2.24, 2.45) is 39.9 Å². The van der Waals surface area contributed by atoms with E-state index in [9.17, 15) is 55.9 Å². The third-order valence-electron chi connectivity index (χ3n) is 17.7. The van der Waals surface area contributed by atoms with Gasteiger partial charge in [-0.1, -0.05) is 116 Å². The van der Waals surface area contributed by atoms with Gasteiger partial charge in [-0.3, -0.25) is 15.0 Å². The SMILES string of the molecule is C[C@H](N=C(O)[C@H](Cc1ccc(OCc2ccccc2)cc1)N=C(O)CCCCCN=C(O)CCCCCN=C(O)CCCCCN=C(O)c1ccc(-c2c3ccc(N(C)C)cc3[o+]c3cc(N(C)C)ccc23)c(C(=O)O)c1)C(O)=N[C@@H](C[C@]1(O)C(O)=Nc2ccccc21)C(O)=NCc1ccccc1. The number of carboxylic acid groups (broad SMARTS) is 1. The van der Waals surface area contributed by atoms with Crippen LogP contribution in [0.3, 0.4) is 0 Å². The number of aliphatic hydroxyl groups excluding tert-OH is 8. The molecule has 0 fully saturated rings. The van der Waals surface area contributed by atoms with Crippen molar-refractivity contribution in [3.63, 3.8) is 0 Å². The topological polar surface area (TPSA) is 345 Å². The molecule has 4 atom stereocenters. The molecule has 1 aliphatic heterocycles. The smallest absolute Gasteiger partial charge is 0.363 e. The van der Waals surface area contributed by atoms with Gasteiger partial charge in [0.2, 0.25) is 29.5 Å². The summed E-state index contributed by atoms with van der Waals surface area (Å²) in [5.74, 6) is -3.25. The van der Waals surface area contributed by atoms with Crippen LogP contribution in [0.1, 0.15) is 129 Å². The maximum Gasteiger partial charge on any atom is 0.363 e. The van der Waals surface area contributed by atoms with Crippen molar-refractivity contribution >= 4 is 92.2 Å². The number of rotatable bonds is 38. The zero-order valence-electron chi connectivity index (χ0n) is 58.9. The van der Waals surface area contributed by atoms with Crippen LogP contribution in [-0.4, -0.2) is 170 Å². The third-order valence-corrected chi connectivity index (χ3v) is 17.7. The van der Waals surface area contributed by atoms with Gasteiger partial charge in [-0.05, 0) is 122 Å². The molecule has 1 aromatic heterocycles. The van der Waals surface area contributed by atoms with Gasteiger partial charge in [0.15, 0.2) is 23.3 Å². The molecule has 0 spiro atoms. The Hall–Kier alpha value is -11.2. The number of unbranched alkanes of at least 4 members (excludes halogenated alkanes) is 6. The highest BCUT2D eigenvalue weighted by molar-refractivity contribution is 6.13. The zero-order chi connectivity index (χ0) is 73.4. The molecule has 0 aliphatic carbocycles. The van der Waals surface area contributed by atoms with Gasteiger partial charge in [0.1, 0.15) is 30.5 Å². The van der Waals surface area contributed by atoms with Crippen LogP contribution in [0.2, 0.25) is 0 Å². The van der Waals surface area contributed by atoms with E-state index in [0.29, 0.717) is 124 Å². The second-order valence-corrected chi connectivity index (χ2v) is 26.0. The minimum atomic E-state index is -2.09. The van der Waals surface area contributed by atoms with E-state index < -0.39 is 59.7 Å². The second kappa shape index (κ2) is 36.9. The van der Waals surface area contributed by atoms with Gasteiger partial charge in [-0.15, -0.1) is 0 Å². The van der Waals surface area contributed by atoms with E-state index in [1.165, 1.54) is 13.0 Å². The Morgan fingerprint density at radius 2 is 1.09 bits per heavy atom. The Labute approximate surface area is 599 Å². The van der Waals surface area contributed by atoms with Crippen LogP contribution >= 0.6 is 0 Å². The molecular weight excluding hydrogens is 1310 g/mol. The standard InChI is InChI=1S/C80H92N10O13/c1-52(74(94)87-67(76(96)84-50-54-23-11-6-12-24-54)49-80(101)64-27-18-19-28-65(64)88-79(80)100)85-77(97)66(45-53-32-37-59(38-33-53)102-51-55-25-13-7-14-26-55)86-72(93)31-17-10-21-43-82-70(91)29-15-8-20-42-81-71(92)30-16-9-22-44-83-75(95)56-34-39-60(63(46-56)78(98)99)73-61-40-35-57(89(2)3)47-68(61)103-69-48-58(90(4)5)36-41-62(69)73/h6-7,11-14,18-19,23-28,32-41,46-48,52,66-67,101H,8-10,15-17,20-22,29-31,42-45,49-51H2,1-5H3,(H8-,81,82,83,84,85,86,87,88,91,92,93,94,95,96,97,98,99,100)/p+1/t52-,66-,67-,80+/m0/s1. The van der Waals surface area contributed by atoms with E-state index in [4.69, 9.17) is 9.15 Å². The number of nitrogens with zero attached hydrogens (tertiary/aromatic N) is 10. The fourth-order valence-electron chi connectivity index (χ4n) is 11.9. The maximum atomic E-state index is 12.9. The largest absolute Gasteiger partial charge is 0.497 e. The first-order valence-electron chi connectivity index (χ1n) is 34.8. The highest BCUT2D eigenvalue weighted by Crippen LogP contribution is 2.43. The van der Waals surface area contributed by atoms with Crippen LogP contribution in [0.5, 0.6) is 5.75 Å². The number of fused-ring (bicyclic) bond motifs is 3. The molecule has 23 heteroatoms. The van der Waals surface area contributed by atoms with Crippen molar-refractivity contribution in [2.45, 2.75) is 134 Å². The summed E-state index contributed by atoms with van der Waals surface area (Å²) >= 11 is 0. The van der Waals surface area contributed by atoms with Gasteiger partial charge in [-0.2, -0.15) is 0 Å². The van der Waals surface area contributed by atoms with Crippen LogP contribution < -0.4 is 14.5 Å². The average molecular weight is 1400 g/mol. The number of aliphatic hydroxyl groups is 9. The van der Waals surface area contributed by atoms with E-state index >= 15 is 0 Å². The van der Waals surface area contributed by atoms with Gasteiger partial charge in [0, 0.05) is 108 Å². The minimum absolute atomic E-state index is 0.0107. The second-order valence-electron chi connectivity index (χ2n) is 26.0. The Balaban J connectivity index is 0.717. The van der Waals surface area contributed by atoms with Crippen molar-refractivity contribution in [3.8, 4) is 16.9 Å². The van der Waals surface area contributed by atoms with Crippen LogP contribution in [0.15, 0.2) is 208 Å². The lowest BCUT2D eigenvalue weighted by Gasteiger charge is -2.26. The molecule has 0 saturated heterocycles. The van der Waals surface area contributed by atoms with Crippen molar-refractivity contribution < 1.29 is 65.0 Å². The predicted octanol–water partition coefficient (Wildman–Crippen LogP) is 16.1. The van der Waals surface area contributed by atoms with E-state index in [0.717, 1.165) is 45.3 Å². The van der Waals surface area contributed by atoms with Crippen LogP contribution in [-0.2, 0) is 25.2 Å². The van der Waals surface area contributed by atoms with E-state index in [2.05, 4.69) is 39.9 Å². The summed E-state index contributed by atoms with van der Waals surface area (Å²) in [6.07, 6.45) is 6.52. The highest BCUT2D eigenvalue weighted by atomic mass is 16.5. The molecule has 2 heterocycles. The number of anilines is 2. The highest BCUT2D eigenvalue weighted by Gasteiger charge is 2.45. The molecule has 7 aromatic carbocycles. The lowest BCUT2D eigenvalue weighted by Crippen LogP contribution is -2.39. The molecule has 0 unspecified atom stereocenters. The van der Waals surface area contributed by atoms with Crippen molar-refractivity contribution in [3.05, 3.63) is 197 Å². The summed E-state index contributed by atoms with van der Waals surface area (Å²) < 4.78 is 12.4. The number of ether oxygens (including phenoxy) is 1. The number of aliphatic imine (C=N–C) groups is 8. The molecule has 1 aliphatic rings. The third kappa shape index (κ3) is 21.4. The molecule has 0 amide bonds. The van der Waals surface area contributed by atoms with E-state index in [1.54, 1.807) is 48.5 Å². The molecule has 103 heavy (non-hydrogen) atoms. The summed E-state index contributed by atoms with van der Waals surface area (Å²) in [6, 6.07) is 45.4. The molecule has 10 N–H and O–H groups in total. The van der Waals surface area contributed by atoms with Gasteiger partial charge in [0.05, 0.1) is 40.7 Å². The molecule has 9 rings (SSSR count). The van der Waals surface area contributed by atoms with E-state index in [1.807, 2.05) is 147 Å². The fourth-order valence-corrected chi connectivity index (χ4v) is 11.9. The van der Waals surface area contributed by atoms with Crippen molar-refractivity contribution in [1.29, 1.82) is 0 Å². The molecule has 0 saturated carbocycles. The maximum absolute atomic E-state index is 12.9. The summed E-state index contributed by atoms with van der Waals surface area (Å²) in [6.45, 7) is 2.98. The summed E-state index contributed by atoms with van der Waals surface area (Å²) in [5, 5.41) is 113. The number of aromatic carboxylic acids is 1. The van der Waals surface area contributed by atoms with Gasteiger partial charge < -0.3 is 65.6 Å². The first kappa shape index (κ1) is 76.0. The lowest BCUT2D eigenvalue weighted by atomic mass is 9.88. The first-order chi connectivity index (χ1) is 49.6. The normalized spacial score (nSPS) is 15.6. The van der Waals surface area contributed by atoms with Crippen LogP contribution in [0.4, 0.5) is 17.1 Å². The number of benzene rings is 7. The van der Waals surface area contributed by atoms with Gasteiger partial charge >= 0.3 is 17.1 Å². The molecule has 540 valence electrons. The van der Waals surface area contributed by atoms with E-state index in [-0.39, 0.29) is 59.7 Å². The molecule has 0 radical (unpaired) electrons. The van der Waals surface area contributed by atoms with Crippen LogP contribution in [0, 0.1) is 0 Å². The molecule has 8 aromatic rings. The molecule has 23 nitrogen and oxygen atoms in total. The Kier molecular flexibility index (Phi) is 27.2. The van der Waals surface area contributed by atoms with Crippen LogP contribution in [0.25, 0.3) is 33.1 Å². The predicted molar refractivity (Wildman–Crippen MR) is 412 cm³/mol. The fraction of sp³-hybridized carbons (Fsp3) is 0.350. The average Bonchev–Trinajstić information content (AvgIpc) is 1.75. The number of carbonyl (C=O) groups is 1. The minimum Gasteiger partial charge on any atom is -0.497 e. The number of carboxylic acids is 1. The zero-order valence-corrected chi connectivity index (χ0v) is 58.9. The van der Waals surface area contributed by atoms with Gasteiger partial charge in [-0.25, -0.2) is 34.2 Å². The summed E-state index contributed by atoms with van der Waals surface area (Å²) in [5.41, 5.74) is 5.54. The first-order valence-corrected chi connectivity index (χ1v) is 34.8. The lowest BCUT2D eigenvalue weighted by molar-refractivity contribution is 0.0697. The van der Waals surface area contributed by atoms with Crippen molar-refractivity contribution in [1.82, 2.24) is 0 Å². The molecular formula is C80H93N10O13+. The number of hydrogen-bond acceptors (Lipinski definition) is 13. The Morgan fingerprint density at radius 3 is 1.67 bits per heavy atom. The monoisotopic (exact) mass is 1400 g/mol. The Bertz CT molecular complexity index is 4380. The Morgan fingerprint density at radius 1 is 0.534 bits per heavy atom. The quantitative estimate of drug-likeness (QED) is 0.00565. The summed E-state index contributed by atoms with van der Waals surface area (Å²) in [4.78, 5) is 51.5. The van der Waals surface area contributed by atoms with Gasteiger partial charge in [0.25, 0.3) is 0 Å². The molecule has 0 bridgehead atoms. The summed E-state index contributed by atoms with van der Waals surface area (Å²) in [7, 11) is 7.76. The number of para-hydroxylation sites is 1.